The predicted octanol–water partition coefficient (Wildman–Crippen LogP) is 2.83. The first-order valence-electron chi connectivity index (χ1n) is 7.45. The number of benzene rings is 2. The summed E-state index contributed by atoms with van der Waals surface area (Å²) in [5.41, 5.74) is 0.904. The highest BCUT2D eigenvalue weighted by atomic mass is 35.5. The SMILES string of the molecule is COc1cccc(OC)c1C(=O)OCC(=O)NCc1ccccc1Cl. The zero-order chi connectivity index (χ0) is 18.2. The minimum Gasteiger partial charge on any atom is -0.496 e. The number of methoxy groups -OCH3 is 2. The summed E-state index contributed by atoms with van der Waals surface area (Å²) in [6.07, 6.45) is 0. The molecule has 0 aliphatic heterocycles. The van der Waals surface area contributed by atoms with Gasteiger partial charge in [0, 0.05) is 11.6 Å². The van der Waals surface area contributed by atoms with Crippen molar-refractivity contribution in [2.75, 3.05) is 20.8 Å². The fourth-order valence-corrected chi connectivity index (χ4v) is 2.34. The highest BCUT2D eigenvalue weighted by molar-refractivity contribution is 6.31. The van der Waals surface area contributed by atoms with Crippen LogP contribution in [0.1, 0.15) is 15.9 Å². The van der Waals surface area contributed by atoms with Gasteiger partial charge in [-0.25, -0.2) is 4.79 Å². The molecule has 132 valence electrons. The van der Waals surface area contributed by atoms with Crippen molar-refractivity contribution in [2.45, 2.75) is 6.54 Å². The number of carbonyl (C=O) groups excluding carboxylic acids is 2. The highest BCUT2D eigenvalue weighted by Crippen LogP contribution is 2.28. The molecule has 0 bridgehead atoms. The molecule has 0 unspecified atom stereocenters. The molecule has 1 amide bonds. The largest absolute Gasteiger partial charge is 0.496 e. The Kier molecular flexibility index (Phi) is 6.65. The quantitative estimate of drug-likeness (QED) is 0.766. The minimum absolute atomic E-state index is 0.131. The number of esters is 1. The summed E-state index contributed by atoms with van der Waals surface area (Å²) in [4.78, 5) is 24.1. The lowest BCUT2D eigenvalue weighted by Gasteiger charge is -2.12. The van der Waals surface area contributed by atoms with Crippen LogP contribution >= 0.6 is 11.6 Å². The van der Waals surface area contributed by atoms with Crippen molar-refractivity contribution in [3.8, 4) is 11.5 Å². The van der Waals surface area contributed by atoms with Crippen LogP contribution in [0.4, 0.5) is 0 Å². The maximum Gasteiger partial charge on any atom is 0.346 e. The van der Waals surface area contributed by atoms with E-state index in [1.807, 2.05) is 6.07 Å². The maximum atomic E-state index is 12.3. The maximum absolute atomic E-state index is 12.3. The van der Waals surface area contributed by atoms with Gasteiger partial charge in [-0.3, -0.25) is 4.79 Å². The topological polar surface area (TPSA) is 73.9 Å². The van der Waals surface area contributed by atoms with Crippen LogP contribution in [0.15, 0.2) is 42.5 Å². The molecule has 2 aromatic rings. The standard InChI is InChI=1S/C18H18ClNO5/c1-23-14-8-5-9-15(24-2)17(14)18(22)25-11-16(21)20-10-12-6-3-4-7-13(12)19/h3-9H,10-11H2,1-2H3,(H,20,21). The fourth-order valence-electron chi connectivity index (χ4n) is 2.14. The van der Waals surface area contributed by atoms with Crippen LogP contribution in [0.25, 0.3) is 0 Å². The van der Waals surface area contributed by atoms with Gasteiger partial charge in [0.2, 0.25) is 0 Å². The van der Waals surface area contributed by atoms with Gasteiger partial charge in [-0.2, -0.15) is 0 Å². The van der Waals surface area contributed by atoms with Gasteiger partial charge in [-0.1, -0.05) is 35.9 Å². The Bertz CT molecular complexity index is 741. The van der Waals surface area contributed by atoms with E-state index >= 15 is 0 Å². The van der Waals surface area contributed by atoms with Crippen LogP contribution < -0.4 is 14.8 Å². The number of carbonyl (C=O) groups is 2. The third kappa shape index (κ3) is 4.87. The Morgan fingerprint density at radius 3 is 2.24 bits per heavy atom. The number of halogens is 1. The molecule has 0 heterocycles. The number of amides is 1. The average Bonchev–Trinajstić information content (AvgIpc) is 2.64. The smallest absolute Gasteiger partial charge is 0.346 e. The van der Waals surface area contributed by atoms with Crippen molar-refractivity contribution in [2.24, 2.45) is 0 Å². The van der Waals surface area contributed by atoms with E-state index in [1.54, 1.807) is 36.4 Å². The average molecular weight is 364 g/mol. The second kappa shape index (κ2) is 8.94. The van der Waals surface area contributed by atoms with Crippen LogP contribution in [0, 0.1) is 0 Å². The predicted molar refractivity (Wildman–Crippen MR) is 93.1 cm³/mol. The van der Waals surface area contributed by atoms with Gasteiger partial charge in [-0.05, 0) is 23.8 Å². The third-order valence-corrected chi connectivity index (χ3v) is 3.77. The minimum atomic E-state index is -0.706. The Morgan fingerprint density at radius 2 is 1.64 bits per heavy atom. The lowest BCUT2D eigenvalue weighted by atomic mass is 10.2. The van der Waals surface area contributed by atoms with Gasteiger partial charge >= 0.3 is 5.97 Å². The van der Waals surface area contributed by atoms with Crippen molar-refractivity contribution in [3.05, 3.63) is 58.6 Å². The van der Waals surface area contributed by atoms with Crippen molar-refractivity contribution < 1.29 is 23.8 Å². The first-order valence-corrected chi connectivity index (χ1v) is 7.82. The second-order valence-corrected chi connectivity index (χ2v) is 5.39. The van der Waals surface area contributed by atoms with Gasteiger partial charge in [0.1, 0.15) is 17.1 Å². The molecule has 0 spiro atoms. The van der Waals surface area contributed by atoms with E-state index < -0.39 is 18.5 Å². The molecule has 0 aromatic heterocycles. The number of ether oxygens (including phenoxy) is 3. The summed E-state index contributed by atoms with van der Waals surface area (Å²) in [6, 6.07) is 12.1. The van der Waals surface area contributed by atoms with E-state index in [9.17, 15) is 9.59 Å². The molecule has 2 aromatic carbocycles. The molecular weight excluding hydrogens is 346 g/mol. The van der Waals surface area contributed by atoms with E-state index in [0.717, 1.165) is 5.56 Å². The molecule has 25 heavy (non-hydrogen) atoms. The van der Waals surface area contributed by atoms with Crippen LogP contribution in [-0.2, 0) is 16.1 Å². The highest BCUT2D eigenvalue weighted by Gasteiger charge is 2.20. The molecule has 7 heteroatoms. The summed E-state index contributed by atoms with van der Waals surface area (Å²) >= 11 is 6.02. The van der Waals surface area contributed by atoms with Gasteiger partial charge in [-0.15, -0.1) is 0 Å². The van der Waals surface area contributed by atoms with Crippen LogP contribution in [0.5, 0.6) is 11.5 Å². The molecule has 6 nitrogen and oxygen atoms in total. The molecule has 1 N–H and O–H groups in total. The van der Waals surface area contributed by atoms with Crippen molar-refractivity contribution >= 4 is 23.5 Å². The van der Waals surface area contributed by atoms with Crippen LogP contribution in [0.3, 0.4) is 0 Å². The zero-order valence-electron chi connectivity index (χ0n) is 13.9. The van der Waals surface area contributed by atoms with Crippen molar-refractivity contribution in [3.63, 3.8) is 0 Å². The first-order chi connectivity index (χ1) is 12.1. The lowest BCUT2D eigenvalue weighted by molar-refractivity contribution is -0.124. The van der Waals surface area contributed by atoms with Crippen molar-refractivity contribution in [1.82, 2.24) is 5.32 Å². The first kappa shape index (κ1) is 18.6. The van der Waals surface area contributed by atoms with Gasteiger partial charge in [0.05, 0.1) is 14.2 Å². The molecule has 2 rings (SSSR count). The van der Waals surface area contributed by atoms with Gasteiger partial charge in [0.15, 0.2) is 6.61 Å². The van der Waals surface area contributed by atoms with Gasteiger partial charge in [0.25, 0.3) is 5.91 Å². The fraction of sp³-hybridized carbons (Fsp3) is 0.222. The summed E-state index contributed by atoms with van der Waals surface area (Å²) in [7, 11) is 2.86. The summed E-state index contributed by atoms with van der Waals surface area (Å²) in [5, 5.41) is 3.19. The number of rotatable bonds is 7. The van der Waals surface area contributed by atoms with Crippen LogP contribution in [0.2, 0.25) is 5.02 Å². The lowest BCUT2D eigenvalue weighted by Crippen LogP contribution is -2.28. The van der Waals surface area contributed by atoms with E-state index in [4.69, 9.17) is 25.8 Å². The van der Waals surface area contributed by atoms with E-state index in [0.29, 0.717) is 16.5 Å². The Balaban J connectivity index is 1.94. The molecule has 0 saturated carbocycles. The molecule has 0 fully saturated rings. The Hall–Kier alpha value is -2.73. The molecule has 0 atom stereocenters. The Morgan fingerprint density at radius 1 is 1.00 bits per heavy atom. The van der Waals surface area contributed by atoms with Gasteiger partial charge < -0.3 is 19.5 Å². The Labute approximate surface area is 150 Å². The number of hydrogen-bond acceptors (Lipinski definition) is 5. The zero-order valence-corrected chi connectivity index (χ0v) is 14.6. The number of nitrogens with one attached hydrogen (secondary N) is 1. The molecule has 0 aliphatic carbocycles. The van der Waals surface area contributed by atoms with Crippen LogP contribution in [-0.4, -0.2) is 32.7 Å². The number of hydrogen-bond donors (Lipinski definition) is 1. The van der Waals surface area contributed by atoms with E-state index in [2.05, 4.69) is 5.32 Å². The summed E-state index contributed by atoms with van der Waals surface area (Å²) < 4.78 is 15.3. The van der Waals surface area contributed by atoms with Crippen molar-refractivity contribution in [1.29, 1.82) is 0 Å². The molecule has 0 radical (unpaired) electrons. The monoisotopic (exact) mass is 363 g/mol. The molecular formula is C18H18ClNO5. The normalized spacial score (nSPS) is 10.0. The summed E-state index contributed by atoms with van der Waals surface area (Å²) in [5.74, 6) is -0.536. The summed E-state index contributed by atoms with van der Waals surface area (Å²) in [6.45, 7) is -0.182. The molecule has 0 aliphatic rings. The van der Waals surface area contributed by atoms with E-state index in [-0.39, 0.29) is 12.1 Å². The third-order valence-electron chi connectivity index (χ3n) is 3.40. The molecule has 0 saturated heterocycles. The van der Waals surface area contributed by atoms with E-state index in [1.165, 1.54) is 14.2 Å². The second-order valence-electron chi connectivity index (χ2n) is 4.98.